The molecule has 1 saturated heterocycles. The SMILES string of the molecule is C=CCNC(=O)C1Cc2ccccc2N2CCN(c3ccc(Cl)cc3)CC12. The first-order valence-electron chi connectivity index (χ1n) is 9.41. The standard InChI is InChI=1S/C22H24ClN3O/c1-2-11-24-22(27)19-14-16-5-3-4-6-20(16)26-13-12-25(15-21(19)26)18-9-7-17(23)8-10-18/h2-10,19,21H,1,11-15H2,(H,24,27). The summed E-state index contributed by atoms with van der Waals surface area (Å²) in [6, 6.07) is 16.6. The highest BCUT2D eigenvalue weighted by atomic mass is 35.5. The number of fused-ring (bicyclic) bond motifs is 3. The van der Waals surface area contributed by atoms with E-state index < -0.39 is 0 Å². The van der Waals surface area contributed by atoms with E-state index in [2.05, 4.69) is 58.1 Å². The van der Waals surface area contributed by atoms with Gasteiger partial charge < -0.3 is 15.1 Å². The van der Waals surface area contributed by atoms with Crippen LogP contribution < -0.4 is 15.1 Å². The van der Waals surface area contributed by atoms with E-state index in [1.807, 2.05) is 12.1 Å². The molecule has 2 unspecified atom stereocenters. The highest BCUT2D eigenvalue weighted by Crippen LogP contribution is 2.37. The molecule has 1 amide bonds. The van der Waals surface area contributed by atoms with Crippen molar-refractivity contribution in [3.05, 3.63) is 71.8 Å². The summed E-state index contributed by atoms with van der Waals surface area (Å²) in [6.07, 6.45) is 2.50. The molecule has 2 atom stereocenters. The van der Waals surface area contributed by atoms with Gasteiger partial charge in [-0.15, -0.1) is 6.58 Å². The van der Waals surface area contributed by atoms with Gasteiger partial charge in [0.05, 0.1) is 12.0 Å². The number of para-hydroxylation sites is 1. The number of rotatable bonds is 4. The van der Waals surface area contributed by atoms with E-state index in [-0.39, 0.29) is 17.9 Å². The molecule has 0 aromatic heterocycles. The molecule has 2 aliphatic heterocycles. The molecule has 2 aromatic rings. The fourth-order valence-corrected chi connectivity index (χ4v) is 4.37. The molecule has 0 aliphatic carbocycles. The number of hydrogen-bond donors (Lipinski definition) is 1. The van der Waals surface area contributed by atoms with E-state index in [9.17, 15) is 4.79 Å². The third-order valence-corrected chi connectivity index (χ3v) is 5.83. The van der Waals surface area contributed by atoms with Crippen LogP contribution in [0.3, 0.4) is 0 Å². The maximum atomic E-state index is 12.9. The number of hydrogen-bond acceptors (Lipinski definition) is 3. The number of piperazine rings is 1. The minimum Gasteiger partial charge on any atom is -0.368 e. The van der Waals surface area contributed by atoms with Gasteiger partial charge in [-0.25, -0.2) is 0 Å². The zero-order chi connectivity index (χ0) is 18.8. The minimum absolute atomic E-state index is 0.0741. The Hall–Kier alpha value is -2.46. The largest absolute Gasteiger partial charge is 0.368 e. The van der Waals surface area contributed by atoms with Crippen LogP contribution in [0.1, 0.15) is 5.56 Å². The molecule has 0 spiro atoms. The molecule has 1 N–H and O–H groups in total. The van der Waals surface area contributed by atoms with Crippen LogP contribution in [0, 0.1) is 5.92 Å². The highest BCUT2D eigenvalue weighted by molar-refractivity contribution is 6.30. The highest BCUT2D eigenvalue weighted by Gasteiger charge is 2.41. The fourth-order valence-electron chi connectivity index (χ4n) is 4.25. The number of nitrogens with zero attached hydrogens (tertiary/aromatic N) is 2. The Morgan fingerprint density at radius 2 is 1.96 bits per heavy atom. The number of anilines is 2. The van der Waals surface area contributed by atoms with E-state index in [4.69, 9.17) is 11.6 Å². The van der Waals surface area contributed by atoms with Crippen molar-refractivity contribution in [3.8, 4) is 0 Å². The second-order valence-corrected chi connectivity index (χ2v) is 7.59. The number of carbonyl (C=O) groups is 1. The number of amides is 1. The van der Waals surface area contributed by atoms with E-state index in [0.717, 1.165) is 36.8 Å². The number of carbonyl (C=O) groups excluding carboxylic acids is 1. The first kappa shape index (κ1) is 17.9. The second-order valence-electron chi connectivity index (χ2n) is 7.16. The van der Waals surface area contributed by atoms with Gasteiger partial charge in [-0.2, -0.15) is 0 Å². The molecular formula is C22H24ClN3O. The van der Waals surface area contributed by atoms with Gasteiger partial charge in [0.15, 0.2) is 0 Å². The summed E-state index contributed by atoms with van der Waals surface area (Å²) < 4.78 is 0. The third-order valence-electron chi connectivity index (χ3n) is 5.57. The van der Waals surface area contributed by atoms with E-state index in [1.165, 1.54) is 11.3 Å². The number of halogens is 1. The van der Waals surface area contributed by atoms with Gasteiger partial charge in [0, 0.05) is 42.6 Å². The summed E-state index contributed by atoms with van der Waals surface area (Å²) >= 11 is 6.04. The molecule has 0 saturated carbocycles. The quantitative estimate of drug-likeness (QED) is 0.823. The van der Waals surface area contributed by atoms with E-state index >= 15 is 0 Å². The summed E-state index contributed by atoms with van der Waals surface area (Å²) in [5.41, 5.74) is 3.68. The normalized spacial score (nSPS) is 21.2. The van der Waals surface area contributed by atoms with E-state index in [0.29, 0.717) is 6.54 Å². The lowest BCUT2D eigenvalue weighted by Gasteiger charge is -2.49. The van der Waals surface area contributed by atoms with Crippen molar-refractivity contribution in [2.75, 3.05) is 36.0 Å². The maximum Gasteiger partial charge on any atom is 0.225 e. The Kier molecular flexibility index (Phi) is 5.08. The van der Waals surface area contributed by atoms with Crippen LogP contribution in [0.15, 0.2) is 61.2 Å². The van der Waals surface area contributed by atoms with Crippen molar-refractivity contribution in [1.29, 1.82) is 0 Å². The summed E-state index contributed by atoms with van der Waals surface area (Å²) in [5.74, 6) is 0.0345. The Morgan fingerprint density at radius 3 is 2.74 bits per heavy atom. The van der Waals surface area contributed by atoms with Crippen molar-refractivity contribution in [2.45, 2.75) is 12.5 Å². The van der Waals surface area contributed by atoms with Crippen molar-refractivity contribution in [2.24, 2.45) is 5.92 Å². The molecule has 2 heterocycles. The predicted octanol–water partition coefficient (Wildman–Crippen LogP) is 3.51. The van der Waals surface area contributed by atoms with Gasteiger partial charge in [-0.1, -0.05) is 35.9 Å². The average Bonchev–Trinajstić information content (AvgIpc) is 2.71. The molecule has 0 bridgehead atoms. The van der Waals surface area contributed by atoms with Crippen molar-refractivity contribution in [3.63, 3.8) is 0 Å². The Morgan fingerprint density at radius 1 is 1.19 bits per heavy atom. The zero-order valence-electron chi connectivity index (χ0n) is 15.3. The van der Waals surface area contributed by atoms with Crippen molar-refractivity contribution < 1.29 is 4.79 Å². The Bertz CT molecular complexity index is 836. The van der Waals surface area contributed by atoms with Gasteiger partial charge in [0.2, 0.25) is 5.91 Å². The molecular weight excluding hydrogens is 358 g/mol. The van der Waals surface area contributed by atoms with Gasteiger partial charge in [-0.05, 0) is 42.3 Å². The molecule has 5 heteroatoms. The number of nitrogens with one attached hydrogen (secondary N) is 1. The molecule has 140 valence electrons. The van der Waals surface area contributed by atoms with Crippen molar-refractivity contribution >= 4 is 28.9 Å². The molecule has 27 heavy (non-hydrogen) atoms. The van der Waals surface area contributed by atoms with Crippen LogP contribution in [0.5, 0.6) is 0 Å². The Labute approximate surface area is 165 Å². The van der Waals surface area contributed by atoms with Crippen LogP contribution >= 0.6 is 11.6 Å². The maximum absolute atomic E-state index is 12.9. The summed E-state index contributed by atoms with van der Waals surface area (Å²) in [7, 11) is 0. The lowest BCUT2D eigenvalue weighted by Crippen LogP contribution is -2.61. The molecule has 4 nitrogen and oxygen atoms in total. The molecule has 0 radical (unpaired) electrons. The molecule has 1 fully saturated rings. The first-order valence-corrected chi connectivity index (χ1v) is 9.79. The molecule has 2 aromatic carbocycles. The smallest absolute Gasteiger partial charge is 0.225 e. The van der Waals surface area contributed by atoms with Crippen LogP contribution in [0.4, 0.5) is 11.4 Å². The molecule has 4 rings (SSSR count). The van der Waals surface area contributed by atoms with Crippen LogP contribution in [-0.2, 0) is 11.2 Å². The average molecular weight is 382 g/mol. The van der Waals surface area contributed by atoms with Crippen molar-refractivity contribution in [1.82, 2.24) is 5.32 Å². The second kappa shape index (κ2) is 7.65. The summed E-state index contributed by atoms with van der Waals surface area (Å²) in [6.45, 7) is 6.86. The third kappa shape index (κ3) is 3.54. The lowest BCUT2D eigenvalue weighted by molar-refractivity contribution is -0.125. The first-order chi connectivity index (χ1) is 13.2. The topological polar surface area (TPSA) is 35.6 Å². The monoisotopic (exact) mass is 381 g/mol. The predicted molar refractivity (Wildman–Crippen MR) is 112 cm³/mol. The van der Waals surface area contributed by atoms with Crippen LogP contribution in [0.2, 0.25) is 5.02 Å². The van der Waals surface area contributed by atoms with Gasteiger partial charge in [0.25, 0.3) is 0 Å². The van der Waals surface area contributed by atoms with E-state index in [1.54, 1.807) is 6.08 Å². The summed E-state index contributed by atoms with van der Waals surface area (Å²) in [5, 5.41) is 3.75. The minimum atomic E-state index is -0.0741. The van der Waals surface area contributed by atoms with Crippen LogP contribution in [-0.4, -0.2) is 38.1 Å². The Balaban J connectivity index is 1.63. The summed E-state index contributed by atoms with van der Waals surface area (Å²) in [4.78, 5) is 17.7. The lowest BCUT2D eigenvalue weighted by atomic mass is 9.83. The van der Waals surface area contributed by atoms with Gasteiger partial charge >= 0.3 is 0 Å². The van der Waals surface area contributed by atoms with Gasteiger partial charge in [0.1, 0.15) is 0 Å². The van der Waals surface area contributed by atoms with Gasteiger partial charge in [-0.3, -0.25) is 4.79 Å². The molecule has 2 aliphatic rings. The zero-order valence-corrected chi connectivity index (χ0v) is 16.0. The van der Waals surface area contributed by atoms with Crippen LogP contribution in [0.25, 0.3) is 0 Å². The number of benzene rings is 2. The fraction of sp³-hybridized carbons (Fsp3) is 0.318.